The van der Waals surface area contributed by atoms with E-state index in [1.807, 2.05) is 13.8 Å². The van der Waals surface area contributed by atoms with Gasteiger partial charge in [0.2, 0.25) is 0 Å². The summed E-state index contributed by atoms with van der Waals surface area (Å²) in [5.41, 5.74) is 2.45. The third kappa shape index (κ3) is 5.10. The van der Waals surface area contributed by atoms with Crippen LogP contribution in [0.5, 0.6) is 0 Å². The second kappa shape index (κ2) is 10.7. The fourth-order valence-corrected chi connectivity index (χ4v) is 4.70. The Hall–Kier alpha value is -2.35. The molecule has 3 atom stereocenters. The van der Waals surface area contributed by atoms with Crippen molar-refractivity contribution in [2.75, 3.05) is 26.9 Å². The molecule has 7 nitrogen and oxygen atoms in total. The van der Waals surface area contributed by atoms with Crippen LogP contribution in [-0.2, 0) is 28.6 Å². The number of Topliss-reactive ketones (excluding diaryl/α,β-unsaturated/α-hetero) is 1. The minimum absolute atomic E-state index is 0.0687. The van der Waals surface area contributed by atoms with Gasteiger partial charge in [0, 0.05) is 29.5 Å². The minimum atomic E-state index is -0.963. The smallest absolute Gasteiger partial charge is 0.336 e. The first-order valence-corrected chi connectivity index (χ1v) is 11.5. The highest BCUT2D eigenvalue weighted by Crippen LogP contribution is 2.46. The van der Waals surface area contributed by atoms with Crippen LogP contribution in [0.4, 0.5) is 0 Å². The molecule has 2 aliphatic rings. The highest BCUT2D eigenvalue weighted by Gasteiger charge is 2.47. The summed E-state index contributed by atoms with van der Waals surface area (Å²) in [7, 11) is 1.26. The van der Waals surface area contributed by atoms with Gasteiger partial charge in [0.05, 0.1) is 29.3 Å². The zero-order chi connectivity index (χ0) is 24.3. The summed E-state index contributed by atoms with van der Waals surface area (Å²) < 4.78 is 15.6. The van der Waals surface area contributed by atoms with Crippen LogP contribution in [0.3, 0.4) is 0 Å². The molecule has 3 rings (SSSR count). The number of ether oxygens (including phenoxy) is 3. The fraction of sp³-hybridized carbons (Fsp3) is 0.458. The van der Waals surface area contributed by atoms with Gasteiger partial charge in [0.15, 0.2) is 5.78 Å². The SMILES string of the molecule is CCOCCOC(=O)C1=C(C)NC2=C(C(=O)[C@@H](C(=O)OC)[C@H](C)C2)[C@H]1c1ccc(Cl)c(Cl)c1. The molecular formula is C24H27Cl2NO6. The Balaban J connectivity index is 2.10. The zero-order valence-electron chi connectivity index (χ0n) is 19.0. The van der Waals surface area contributed by atoms with Gasteiger partial charge in [-0.2, -0.15) is 0 Å². The number of halogens is 2. The van der Waals surface area contributed by atoms with E-state index in [4.69, 9.17) is 37.4 Å². The molecule has 1 N–H and O–H groups in total. The summed E-state index contributed by atoms with van der Waals surface area (Å²) in [6.07, 6.45) is 0.447. The molecule has 0 spiro atoms. The maximum absolute atomic E-state index is 13.6. The van der Waals surface area contributed by atoms with Gasteiger partial charge in [-0.3, -0.25) is 9.59 Å². The third-order valence-corrected chi connectivity index (χ3v) is 6.64. The van der Waals surface area contributed by atoms with Crippen molar-refractivity contribution in [3.05, 3.63) is 56.3 Å². The summed E-state index contributed by atoms with van der Waals surface area (Å²) in [4.78, 5) is 39.2. The van der Waals surface area contributed by atoms with Gasteiger partial charge >= 0.3 is 11.9 Å². The van der Waals surface area contributed by atoms with Gasteiger partial charge in [0.1, 0.15) is 12.5 Å². The highest BCUT2D eigenvalue weighted by atomic mass is 35.5. The summed E-state index contributed by atoms with van der Waals surface area (Å²) >= 11 is 12.4. The predicted octanol–water partition coefficient (Wildman–Crippen LogP) is 4.19. The van der Waals surface area contributed by atoms with Crippen LogP contribution in [0.2, 0.25) is 10.0 Å². The average molecular weight is 496 g/mol. The number of ketones is 1. The molecule has 0 saturated carbocycles. The van der Waals surface area contributed by atoms with Crippen LogP contribution in [0.15, 0.2) is 40.7 Å². The van der Waals surface area contributed by atoms with Gasteiger partial charge in [-0.25, -0.2) is 4.79 Å². The van der Waals surface area contributed by atoms with E-state index in [-0.39, 0.29) is 35.5 Å². The third-order valence-electron chi connectivity index (χ3n) is 5.90. The number of rotatable bonds is 7. The normalized spacial score (nSPS) is 22.6. The molecule has 9 heteroatoms. The maximum atomic E-state index is 13.6. The molecule has 0 bridgehead atoms. The van der Waals surface area contributed by atoms with E-state index in [0.29, 0.717) is 40.6 Å². The molecule has 178 valence electrons. The Kier molecular flexibility index (Phi) is 8.21. The maximum Gasteiger partial charge on any atom is 0.336 e. The van der Waals surface area contributed by atoms with E-state index < -0.39 is 23.8 Å². The van der Waals surface area contributed by atoms with Crippen LogP contribution < -0.4 is 5.32 Å². The minimum Gasteiger partial charge on any atom is -0.468 e. The number of methoxy groups -OCH3 is 1. The van der Waals surface area contributed by atoms with Crippen molar-refractivity contribution in [1.82, 2.24) is 5.32 Å². The molecule has 33 heavy (non-hydrogen) atoms. The largest absolute Gasteiger partial charge is 0.468 e. The van der Waals surface area contributed by atoms with Crippen molar-refractivity contribution in [3.8, 4) is 0 Å². The van der Waals surface area contributed by atoms with E-state index in [0.717, 1.165) is 0 Å². The number of nitrogens with one attached hydrogen (secondary N) is 1. The van der Waals surface area contributed by atoms with Gasteiger partial charge in [-0.15, -0.1) is 0 Å². The molecule has 0 fully saturated rings. The second-order valence-corrected chi connectivity index (χ2v) is 8.86. The molecule has 1 heterocycles. The molecule has 0 saturated heterocycles. The standard InChI is InChI=1S/C24H27Cl2NO6/c1-5-32-8-9-33-24(30)19-13(3)27-17-10-12(2)18(23(29)31-4)22(28)21(17)20(19)14-6-7-15(25)16(26)11-14/h6-7,11-12,18,20,27H,5,8-10H2,1-4H3/t12-,18+,20+/m1/s1. The predicted molar refractivity (Wildman–Crippen MR) is 124 cm³/mol. The molecule has 1 aliphatic carbocycles. The number of esters is 2. The van der Waals surface area contributed by atoms with Crippen molar-refractivity contribution in [2.24, 2.45) is 11.8 Å². The lowest BCUT2D eigenvalue weighted by atomic mass is 9.69. The number of allylic oxidation sites excluding steroid dienone is 3. The molecular weight excluding hydrogens is 469 g/mol. The monoisotopic (exact) mass is 495 g/mol. The molecule has 0 unspecified atom stereocenters. The van der Waals surface area contributed by atoms with Crippen LogP contribution >= 0.6 is 23.2 Å². The first-order valence-electron chi connectivity index (χ1n) is 10.7. The van der Waals surface area contributed by atoms with Crippen molar-refractivity contribution in [2.45, 2.75) is 33.1 Å². The summed E-state index contributed by atoms with van der Waals surface area (Å²) in [6, 6.07) is 4.96. The van der Waals surface area contributed by atoms with Crippen molar-refractivity contribution in [3.63, 3.8) is 0 Å². The number of hydrogen-bond donors (Lipinski definition) is 1. The number of carbonyl (C=O) groups is 3. The van der Waals surface area contributed by atoms with Crippen LogP contribution in [0.25, 0.3) is 0 Å². The van der Waals surface area contributed by atoms with Gasteiger partial charge in [-0.1, -0.05) is 36.2 Å². The molecule has 0 radical (unpaired) electrons. The topological polar surface area (TPSA) is 90.9 Å². The second-order valence-electron chi connectivity index (χ2n) is 8.04. The number of dihydropyridines is 1. The summed E-state index contributed by atoms with van der Waals surface area (Å²) in [6.45, 7) is 6.27. The Morgan fingerprint density at radius 1 is 1.18 bits per heavy atom. The molecule has 1 aromatic rings. The van der Waals surface area contributed by atoms with E-state index in [1.165, 1.54) is 7.11 Å². The number of carbonyl (C=O) groups excluding carboxylic acids is 3. The van der Waals surface area contributed by atoms with Gasteiger partial charge in [-0.05, 0) is 43.9 Å². The van der Waals surface area contributed by atoms with Gasteiger partial charge < -0.3 is 19.5 Å². The molecule has 0 amide bonds. The number of hydrogen-bond acceptors (Lipinski definition) is 7. The van der Waals surface area contributed by atoms with Crippen LogP contribution in [0.1, 0.15) is 38.7 Å². The van der Waals surface area contributed by atoms with Gasteiger partial charge in [0.25, 0.3) is 0 Å². The summed E-state index contributed by atoms with van der Waals surface area (Å²) in [5, 5.41) is 3.85. The van der Waals surface area contributed by atoms with E-state index in [1.54, 1.807) is 25.1 Å². The number of benzene rings is 1. The first-order chi connectivity index (χ1) is 15.7. The Labute approximate surface area is 203 Å². The fourth-order valence-electron chi connectivity index (χ4n) is 4.39. The molecule has 1 aromatic carbocycles. The van der Waals surface area contributed by atoms with Crippen LogP contribution in [-0.4, -0.2) is 44.7 Å². The van der Waals surface area contributed by atoms with E-state index in [9.17, 15) is 14.4 Å². The zero-order valence-corrected chi connectivity index (χ0v) is 20.5. The molecule has 0 aromatic heterocycles. The lowest BCUT2D eigenvalue weighted by Crippen LogP contribution is -2.43. The lowest BCUT2D eigenvalue weighted by molar-refractivity contribution is -0.151. The van der Waals surface area contributed by atoms with Crippen molar-refractivity contribution < 1.29 is 28.6 Å². The Bertz CT molecular complexity index is 1030. The Morgan fingerprint density at radius 2 is 1.91 bits per heavy atom. The highest BCUT2D eigenvalue weighted by molar-refractivity contribution is 6.42. The van der Waals surface area contributed by atoms with Crippen LogP contribution in [0, 0.1) is 11.8 Å². The van der Waals surface area contributed by atoms with E-state index >= 15 is 0 Å². The molecule has 1 aliphatic heterocycles. The van der Waals surface area contributed by atoms with E-state index in [2.05, 4.69) is 5.32 Å². The first kappa shape index (κ1) is 25.3. The lowest BCUT2D eigenvalue weighted by Gasteiger charge is -2.38. The van der Waals surface area contributed by atoms with Crippen molar-refractivity contribution >= 4 is 40.9 Å². The summed E-state index contributed by atoms with van der Waals surface area (Å²) in [5.74, 6) is -3.57. The van der Waals surface area contributed by atoms with Crippen molar-refractivity contribution in [1.29, 1.82) is 0 Å². The quantitative estimate of drug-likeness (QED) is 0.344. The Morgan fingerprint density at radius 3 is 2.55 bits per heavy atom. The average Bonchev–Trinajstić information content (AvgIpc) is 2.77.